The van der Waals surface area contributed by atoms with Crippen LogP contribution in [0.5, 0.6) is 0 Å². The molecule has 0 atom stereocenters. The maximum atomic E-state index is 12.6. The maximum absolute atomic E-state index is 12.6. The van der Waals surface area contributed by atoms with Gasteiger partial charge in [-0.3, -0.25) is 4.79 Å². The van der Waals surface area contributed by atoms with Crippen LogP contribution in [0, 0.1) is 0 Å². The molecule has 1 aromatic heterocycles. The van der Waals surface area contributed by atoms with E-state index in [2.05, 4.69) is 27.0 Å². The summed E-state index contributed by atoms with van der Waals surface area (Å²) >= 11 is 7.47. The molecule has 2 heterocycles. The van der Waals surface area contributed by atoms with Crippen LogP contribution in [0.4, 0.5) is 11.4 Å². The molecule has 1 fully saturated rings. The third-order valence-corrected chi connectivity index (χ3v) is 6.06. The Balaban J connectivity index is 1.41. The number of piperazine rings is 1. The SMILES string of the molecule is CCN1CCN(c2ccc(Cl)cc2NC(=O)CSc2nc3ccccc3o2)CC1. The molecule has 0 saturated carbocycles. The van der Waals surface area contributed by atoms with E-state index in [0.29, 0.717) is 10.2 Å². The van der Waals surface area contributed by atoms with Gasteiger partial charge < -0.3 is 19.5 Å². The summed E-state index contributed by atoms with van der Waals surface area (Å²) in [5.74, 6) is 0.0931. The van der Waals surface area contributed by atoms with E-state index in [1.807, 2.05) is 42.5 Å². The van der Waals surface area contributed by atoms with E-state index in [-0.39, 0.29) is 11.7 Å². The van der Waals surface area contributed by atoms with E-state index < -0.39 is 0 Å². The van der Waals surface area contributed by atoms with Crippen molar-refractivity contribution in [1.82, 2.24) is 9.88 Å². The molecule has 1 N–H and O–H groups in total. The van der Waals surface area contributed by atoms with Crippen molar-refractivity contribution in [1.29, 1.82) is 0 Å². The van der Waals surface area contributed by atoms with Gasteiger partial charge >= 0.3 is 0 Å². The fourth-order valence-corrected chi connectivity index (χ4v) is 4.23. The summed E-state index contributed by atoms with van der Waals surface area (Å²) in [4.78, 5) is 21.7. The predicted octanol–water partition coefficient (Wildman–Crippen LogP) is 4.35. The molecule has 152 valence electrons. The Kier molecular flexibility index (Phi) is 6.28. The second-order valence-corrected chi connectivity index (χ2v) is 8.23. The zero-order chi connectivity index (χ0) is 20.2. The maximum Gasteiger partial charge on any atom is 0.257 e. The Morgan fingerprint density at radius 2 is 2.00 bits per heavy atom. The minimum Gasteiger partial charge on any atom is -0.431 e. The molecular weight excluding hydrogens is 408 g/mol. The van der Waals surface area contributed by atoms with Crippen LogP contribution >= 0.6 is 23.4 Å². The Bertz CT molecular complexity index is 968. The van der Waals surface area contributed by atoms with E-state index in [1.54, 1.807) is 0 Å². The number of likely N-dealkylation sites (N-methyl/N-ethyl adjacent to an activating group) is 1. The lowest BCUT2D eigenvalue weighted by molar-refractivity contribution is -0.113. The highest BCUT2D eigenvalue weighted by molar-refractivity contribution is 7.99. The van der Waals surface area contributed by atoms with Crippen LogP contribution in [0.25, 0.3) is 11.1 Å². The van der Waals surface area contributed by atoms with E-state index >= 15 is 0 Å². The zero-order valence-electron chi connectivity index (χ0n) is 16.2. The Hall–Kier alpha value is -2.22. The van der Waals surface area contributed by atoms with Crippen molar-refractivity contribution < 1.29 is 9.21 Å². The number of para-hydroxylation sites is 2. The summed E-state index contributed by atoms with van der Waals surface area (Å²) in [7, 11) is 0. The molecule has 4 rings (SSSR count). The second kappa shape index (κ2) is 9.07. The first kappa shape index (κ1) is 20.1. The third kappa shape index (κ3) is 4.86. The van der Waals surface area contributed by atoms with Gasteiger partial charge in [0.05, 0.1) is 17.1 Å². The molecule has 2 aromatic carbocycles. The average Bonchev–Trinajstić information content (AvgIpc) is 3.16. The molecule has 1 saturated heterocycles. The van der Waals surface area contributed by atoms with Crippen molar-refractivity contribution >= 4 is 51.7 Å². The van der Waals surface area contributed by atoms with Gasteiger partial charge in [0.2, 0.25) is 5.91 Å². The summed E-state index contributed by atoms with van der Waals surface area (Å²) in [5, 5.41) is 4.10. The molecule has 0 bridgehead atoms. The molecule has 0 unspecified atom stereocenters. The number of thioether (sulfide) groups is 1. The fraction of sp³-hybridized carbons (Fsp3) is 0.333. The number of rotatable bonds is 6. The van der Waals surface area contributed by atoms with Crippen molar-refractivity contribution in [2.24, 2.45) is 0 Å². The van der Waals surface area contributed by atoms with Crippen LogP contribution in [-0.4, -0.2) is 54.3 Å². The minimum atomic E-state index is -0.118. The fourth-order valence-electron chi connectivity index (χ4n) is 3.42. The molecule has 1 amide bonds. The molecule has 0 radical (unpaired) electrons. The average molecular weight is 431 g/mol. The Morgan fingerprint density at radius 1 is 1.21 bits per heavy atom. The van der Waals surface area contributed by atoms with Gasteiger partial charge in [-0.2, -0.15) is 0 Å². The van der Waals surface area contributed by atoms with Crippen LogP contribution in [0.15, 0.2) is 52.1 Å². The number of oxazole rings is 1. The van der Waals surface area contributed by atoms with Gasteiger partial charge in [0.1, 0.15) is 5.52 Å². The highest BCUT2D eigenvalue weighted by Crippen LogP contribution is 2.31. The van der Waals surface area contributed by atoms with Crippen molar-refractivity contribution in [3.8, 4) is 0 Å². The summed E-state index contributed by atoms with van der Waals surface area (Å²) < 4.78 is 5.67. The Morgan fingerprint density at radius 3 is 2.76 bits per heavy atom. The van der Waals surface area contributed by atoms with Gasteiger partial charge in [-0.25, -0.2) is 4.98 Å². The predicted molar refractivity (Wildman–Crippen MR) is 119 cm³/mol. The number of nitrogens with one attached hydrogen (secondary N) is 1. The third-order valence-electron chi connectivity index (χ3n) is 4.99. The van der Waals surface area contributed by atoms with E-state index in [9.17, 15) is 4.79 Å². The number of nitrogens with zero attached hydrogens (tertiary/aromatic N) is 3. The van der Waals surface area contributed by atoms with Gasteiger partial charge in [0.15, 0.2) is 5.58 Å². The highest BCUT2D eigenvalue weighted by atomic mass is 35.5. The lowest BCUT2D eigenvalue weighted by Gasteiger charge is -2.36. The molecule has 3 aromatic rings. The van der Waals surface area contributed by atoms with Gasteiger partial charge in [-0.05, 0) is 36.9 Å². The molecule has 8 heteroatoms. The second-order valence-electron chi connectivity index (χ2n) is 6.87. The van der Waals surface area contributed by atoms with E-state index in [4.69, 9.17) is 16.0 Å². The van der Waals surface area contributed by atoms with Crippen LogP contribution in [-0.2, 0) is 4.79 Å². The lowest BCUT2D eigenvalue weighted by Crippen LogP contribution is -2.46. The van der Waals surface area contributed by atoms with Crippen molar-refractivity contribution in [2.45, 2.75) is 12.1 Å². The normalized spacial score (nSPS) is 15.0. The monoisotopic (exact) mass is 430 g/mol. The number of hydrogen-bond acceptors (Lipinski definition) is 6. The smallest absolute Gasteiger partial charge is 0.257 e. The van der Waals surface area contributed by atoms with E-state index in [1.165, 1.54) is 11.8 Å². The first-order valence-electron chi connectivity index (χ1n) is 9.67. The number of hydrogen-bond donors (Lipinski definition) is 1. The summed E-state index contributed by atoms with van der Waals surface area (Å²) in [6.07, 6.45) is 0. The minimum absolute atomic E-state index is 0.118. The summed E-state index contributed by atoms with van der Waals surface area (Å²) in [6, 6.07) is 13.2. The number of carbonyl (C=O) groups excluding carboxylic acids is 1. The van der Waals surface area contributed by atoms with Gasteiger partial charge in [0.25, 0.3) is 5.22 Å². The van der Waals surface area contributed by atoms with Gasteiger partial charge in [0, 0.05) is 31.2 Å². The molecule has 0 aliphatic carbocycles. The van der Waals surface area contributed by atoms with Crippen LogP contribution in [0.2, 0.25) is 5.02 Å². The molecule has 1 aliphatic heterocycles. The Labute approximate surface area is 179 Å². The first-order valence-corrected chi connectivity index (χ1v) is 11.0. The standard InChI is InChI=1S/C21H23ClN4O2S/c1-2-25-9-11-26(12-10-25)18-8-7-15(22)13-17(18)23-20(27)14-29-21-24-16-5-3-4-6-19(16)28-21/h3-8,13H,2,9-12,14H2,1H3,(H,23,27). The number of aromatic nitrogens is 1. The number of benzene rings is 2. The largest absolute Gasteiger partial charge is 0.431 e. The molecule has 0 spiro atoms. The molecule has 29 heavy (non-hydrogen) atoms. The lowest BCUT2D eigenvalue weighted by atomic mass is 10.2. The number of halogens is 1. The quantitative estimate of drug-likeness (QED) is 0.586. The highest BCUT2D eigenvalue weighted by Gasteiger charge is 2.19. The zero-order valence-corrected chi connectivity index (χ0v) is 17.8. The van der Waals surface area contributed by atoms with Crippen LogP contribution in [0.1, 0.15) is 6.92 Å². The number of amides is 1. The van der Waals surface area contributed by atoms with Crippen molar-refractivity contribution in [3.05, 3.63) is 47.5 Å². The molecule has 6 nitrogen and oxygen atoms in total. The molecule has 1 aliphatic rings. The summed E-state index contributed by atoms with van der Waals surface area (Å²) in [5.41, 5.74) is 3.26. The van der Waals surface area contributed by atoms with Crippen LogP contribution in [0.3, 0.4) is 0 Å². The number of fused-ring (bicyclic) bond motifs is 1. The van der Waals surface area contributed by atoms with Crippen LogP contribution < -0.4 is 10.2 Å². The van der Waals surface area contributed by atoms with E-state index in [0.717, 1.165) is 55.2 Å². The topological polar surface area (TPSA) is 61.6 Å². The van der Waals surface area contributed by atoms with Gasteiger partial charge in [-0.15, -0.1) is 0 Å². The number of anilines is 2. The van der Waals surface area contributed by atoms with Crippen molar-refractivity contribution in [3.63, 3.8) is 0 Å². The first-order chi connectivity index (χ1) is 14.1. The van der Waals surface area contributed by atoms with Crippen molar-refractivity contribution in [2.75, 3.05) is 48.7 Å². The summed E-state index contributed by atoms with van der Waals surface area (Å²) in [6.45, 7) is 7.12. The van der Waals surface area contributed by atoms with Gasteiger partial charge in [-0.1, -0.05) is 42.4 Å². The molecular formula is C21H23ClN4O2S. The number of carbonyl (C=O) groups is 1.